The summed E-state index contributed by atoms with van der Waals surface area (Å²) in [6.45, 7) is 0.422. The van der Waals surface area contributed by atoms with Gasteiger partial charge in [0.2, 0.25) is 0 Å². The quantitative estimate of drug-likeness (QED) is 0.907. The van der Waals surface area contributed by atoms with E-state index in [1.54, 1.807) is 29.9 Å². The third-order valence-electron chi connectivity index (χ3n) is 3.75. The number of H-pyrrole nitrogens is 1. The summed E-state index contributed by atoms with van der Waals surface area (Å²) in [4.78, 5) is 14.8. The Morgan fingerprint density at radius 2 is 2.25 bits per heavy atom. The molecule has 108 valence electrons. The molecule has 1 unspecified atom stereocenters. The van der Waals surface area contributed by atoms with Gasteiger partial charge in [-0.05, 0) is 24.5 Å². The molecule has 7 heteroatoms. The predicted octanol–water partition coefficient (Wildman–Crippen LogP) is 0.773. The summed E-state index contributed by atoms with van der Waals surface area (Å²) >= 11 is 0. The SMILES string of the molecule is COc1ccc2[nH]c(=O)n(CC3CCS(=O)(=O)C3)c2c1. The molecule has 1 fully saturated rings. The van der Waals surface area contributed by atoms with Gasteiger partial charge in [0, 0.05) is 12.6 Å². The van der Waals surface area contributed by atoms with Crippen LogP contribution < -0.4 is 10.4 Å². The van der Waals surface area contributed by atoms with E-state index in [1.807, 2.05) is 0 Å². The van der Waals surface area contributed by atoms with Gasteiger partial charge in [-0.15, -0.1) is 0 Å². The molecule has 1 aromatic heterocycles. The molecule has 3 rings (SSSR count). The fourth-order valence-corrected chi connectivity index (χ4v) is 4.56. The molecule has 0 radical (unpaired) electrons. The Morgan fingerprint density at radius 3 is 2.90 bits per heavy atom. The number of rotatable bonds is 3. The number of nitrogens with one attached hydrogen (secondary N) is 1. The molecule has 1 N–H and O–H groups in total. The van der Waals surface area contributed by atoms with Gasteiger partial charge in [-0.1, -0.05) is 0 Å². The molecule has 1 aliphatic heterocycles. The second-order valence-corrected chi connectivity index (χ2v) is 7.42. The number of benzene rings is 1. The van der Waals surface area contributed by atoms with E-state index in [1.165, 1.54) is 0 Å². The van der Waals surface area contributed by atoms with Crippen molar-refractivity contribution in [2.75, 3.05) is 18.6 Å². The van der Waals surface area contributed by atoms with Crippen LogP contribution in [0.1, 0.15) is 6.42 Å². The number of nitrogens with zero attached hydrogens (tertiary/aromatic N) is 1. The molecule has 0 spiro atoms. The van der Waals surface area contributed by atoms with Gasteiger partial charge in [0.15, 0.2) is 9.84 Å². The van der Waals surface area contributed by atoms with E-state index in [9.17, 15) is 13.2 Å². The topological polar surface area (TPSA) is 81.2 Å². The maximum absolute atomic E-state index is 12.0. The van der Waals surface area contributed by atoms with Crippen molar-refractivity contribution in [3.05, 3.63) is 28.7 Å². The summed E-state index contributed by atoms with van der Waals surface area (Å²) in [5, 5.41) is 0. The van der Waals surface area contributed by atoms with Crippen molar-refractivity contribution in [1.82, 2.24) is 9.55 Å². The zero-order chi connectivity index (χ0) is 14.3. The normalized spacial score (nSPS) is 21.4. The summed E-state index contributed by atoms with van der Waals surface area (Å²) in [5.74, 6) is 1.06. The molecule has 2 aromatic rings. The van der Waals surface area contributed by atoms with Crippen LogP contribution in [0.4, 0.5) is 0 Å². The minimum atomic E-state index is -2.93. The summed E-state index contributed by atoms with van der Waals surface area (Å²) in [7, 11) is -1.36. The fourth-order valence-electron chi connectivity index (χ4n) is 2.71. The minimum Gasteiger partial charge on any atom is -0.497 e. The van der Waals surface area contributed by atoms with Crippen molar-refractivity contribution < 1.29 is 13.2 Å². The van der Waals surface area contributed by atoms with E-state index in [0.717, 1.165) is 11.0 Å². The van der Waals surface area contributed by atoms with Crippen molar-refractivity contribution in [1.29, 1.82) is 0 Å². The largest absolute Gasteiger partial charge is 0.497 e. The number of ether oxygens (including phenoxy) is 1. The summed E-state index contributed by atoms with van der Waals surface area (Å²) in [5.41, 5.74) is 1.27. The van der Waals surface area contributed by atoms with Gasteiger partial charge in [-0.2, -0.15) is 0 Å². The zero-order valence-corrected chi connectivity index (χ0v) is 11.9. The summed E-state index contributed by atoms with van der Waals surface area (Å²) in [6.07, 6.45) is 0.616. The van der Waals surface area contributed by atoms with Gasteiger partial charge >= 0.3 is 5.69 Å². The van der Waals surface area contributed by atoms with Crippen molar-refractivity contribution in [3.63, 3.8) is 0 Å². The number of fused-ring (bicyclic) bond motifs is 1. The zero-order valence-electron chi connectivity index (χ0n) is 11.1. The van der Waals surface area contributed by atoms with Crippen molar-refractivity contribution in [2.24, 2.45) is 5.92 Å². The van der Waals surface area contributed by atoms with Crippen LogP contribution in [0, 0.1) is 5.92 Å². The number of aromatic nitrogens is 2. The van der Waals surface area contributed by atoms with Crippen LogP contribution in [0.15, 0.2) is 23.0 Å². The van der Waals surface area contributed by atoms with Crippen molar-refractivity contribution >= 4 is 20.9 Å². The van der Waals surface area contributed by atoms with Gasteiger partial charge in [0.05, 0.1) is 29.6 Å². The van der Waals surface area contributed by atoms with Gasteiger partial charge in [-0.25, -0.2) is 13.2 Å². The van der Waals surface area contributed by atoms with E-state index in [2.05, 4.69) is 4.98 Å². The Balaban J connectivity index is 1.98. The molecule has 0 amide bonds. The molecule has 0 bridgehead atoms. The number of hydrogen-bond donors (Lipinski definition) is 1. The Morgan fingerprint density at radius 1 is 1.45 bits per heavy atom. The van der Waals surface area contributed by atoms with Crippen LogP contribution in [-0.2, 0) is 16.4 Å². The highest BCUT2D eigenvalue weighted by Gasteiger charge is 2.28. The minimum absolute atomic E-state index is 0.00269. The molecule has 1 aliphatic rings. The number of methoxy groups -OCH3 is 1. The molecule has 1 aromatic carbocycles. The molecule has 1 saturated heterocycles. The van der Waals surface area contributed by atoms with E-state index in [4.69, 9.17) is 4.74 Å². The molecule has 6 nitrogen and oxygen atoms in total. The first-order valence-corrected chi connectivity index (χ1v) is 8.27. The van der Waals surface area contributed by atoms with E-state index in [0.29, 0.717) is 18.7 Å². The average molecular weight is 296 g/mol. The standard InChI is InChI=1S/C13H16N2O4S/c1-19-10-2-3-11-12(6-10)15(13(16)14-11)7-9-4-5-20(17,18)8-9/h2-3,6,9H,4-5,7-8H2,1H3,(H,14,16). The maximum Gasteiger partial charge on any atom is 0.326 e. The Bertz CT molecular complexity index is 803. The van der Waals surface area contributed by atoms with Crippen LogP contribution >= 0.6 is 0 Å². The highest BCUT2D eigenvalue weighted by atomic mass is 32.2. The Hall–Kier alpha value is -1.76. The summed E-state index contributed by atoms with van der Waals surface area (Å²) in [6, 6.07) is 5.36. The lowest BCUT2D eigenvalue weighted by Gasteiger charge is -2.09. The van der Waals surface area contributed by atoms with Gasteiger partial charge < -0.3 is 9.72 Å². The lowest BCUT2D eigenvalue weighted by atomic mass is 10.1. The third-order valence-corrected chi connectivity index (χ3v) is 5.59. The van der Waals surface area contributed by atoms with Crippen LogP contribution in [-0.4, -0.2) is 36.6 Å². The number of hydrogen-bond acceptors (Lipinski definition) is 4. The Kier molecular flexibility index (Phi) is 3.08. The summed E-state index contributed by atoms with van der Waals surface area (Å²) < 4.78 is 29.8. The predicted molar refractivity (Wildman–Crippen MR) is 75.9 cm³/mol. The van der Waals surface area contributed by atoms with E-state index >= 15 is 0 Å². The van der Waals surface area contributed by atoms with Gasteiger partial charge in [0.1, 0.15) is 5.75 Å². The van der Waals surface area contributed by atoms with Crippen LogP contribution in [0.25, 0.3) is 11.0 Å². The fraction of sp³-hybridized carbons (Fsp3) is 0.462. The molecule has 1 atom stereocenters. The molecule has 2 heterocycles. The van der Waals surface area contributed by atoms with Crippen molar-refractivity contribution in [3.8, 4) is 5.75 Å². The Labute approximate surface area is 116 Å². The van der Waals surface area contributed by atoms with E-state index < -0.39 is 9.84 Å². The van der Waals surface area contributed by atoms with Crippen LogP contribution in [0.3, 0.4) is 0 Å². The lowest BCUT2D eigenvalue weighted by molar-refractivity contribution is 0.415. The van der Waals surface area contributed by atoms with Crippen LogP contribution in [0.2, 0.25) is 0 Å². The van der Waals surface area contributed by atoms with Crippen molar-refractivity contribution in [2.45, 2.75) is 13.0 Å². The highest BCUT2D eigenvalue weighted by molar-refractivity contribution is 7.91. The number of sulfone groups is 1. The third kappa shape index (κ3) is 2.33. The number of aromatic amines is 1. The molecule has 20 heavy (non-hydrogen) atoms. The second kappa shape index (κ2) is 4.66. The first-order chi connectivity index (χ1) is 9.48. The smallest absolute Gasteiger partial charge is 0.326 e. The second-order valence-electron chi connectivity index (χ2n) is 5.19. The molecule has 0 saturated carbocycles. The molecular formula is C13H16N2O4S. The van der Waals surface area contributed by atoms with Crippen LogP contribution in [0.5, 0.6) is 5.75 Å². The first-order valence-electron chi connectivity index (χ1n) is 6.45. The first kappa shape index (κ1) is 13.2. The van der Waals surface area contributed by atoms with Gasteiger partial charge in [-0.3, -0.25) is 4.57 Å². The highest BCUT2D eigenvalue weighted by Crippen LogP contribution is 2.23. The lowest BCUT2D eigenvalue weighted by Crippen LogP contribution is -2.22. The van der Waals surface area contributed by atoms with E-state index in [-0.39, 0.29) is 23.1 Å². The average Bonchev–Trinajstić information content (AvgIpc) is 2.90. The van der Waals surface area contributed by atoms with Gasteiger partial charge in [0.25, 0.3) is 0 Å². The maximum atomic E-state index is 12.0. The molecular weight excluding hydrogens is 280 g/mol. The molecule has 0 aliphatic carbocycles. The monoisotopic (exact) mass is 296 g/mol. The number of imidazole rings is 1.